The number of aliphatic hydroxyl groups is 1. The van der Waals surface area contributed by atoms with Crippen molar-refractivity contribution in [1.29, 1.82) is 0 Å². The minimum atomic E-state index is -0.409. The smallest absolute Gasteiger partial charge is 0.322 e. The van der Waals surface area contributed by atoms with E-state index in [0.717, 1.165) is 25.7 Å². The number of nitrogens with two attached hydrogens (primary N) is 1. The maximum Gasteiger partial charge on any atom is 0.322 e. The first-order valence-corrected chi connectivity index (χ1v) is 10.4. The quantitative estimate of drug-likeness (QED) is 0.387. The van der Waals surface area contributed by atoms with Crippen LogP contribution in [0.3, 0.4) is 0 Å². The van der Waals surface area contributed by atoms with E-state index in [1.165, 1.54) is 6.42 Å². The van der Waals surface area contributed by atoms with Crippen LogP contribution >= 0.6 is 0 Å². The maximum atomic E-state index is 13.1. The van der Waals surface area contributed by atoms with Gasteiger partial charge in [0.2, 0.25) is 5.91 Å². The van der Waals surface area contributed by atoms with Crippen molar-refractivity contribution >= 4 is 23.7 Å². The summed E-state index contributed by atoms with van der Waals surface area (Å²) in [5, 5.41) is 16.9. The van der Waals surface area contributed by atoms with Crippen LogP contribution in [0.5, 0.6) is 0 Å². The summed E-state index contributed by atoms with van der Waals surface area (Å²) in [5.74, 6) is -0.376. The Labute approximate surface area is 176 Å². The fourth-order valence-electron chi connectivity index (χ4n) is 3.55. The zero-order valence-electron chi connectivity index (χ0n) is 17.2. The Morgan fingerprint density at radius 1 is 1.20 bits per heavy atom. The van der Waals surface area contributed by atoms with Gasteiger partial charge in [-0.1, -0.05) is 19.3 Å². The molecule has 0 bridgehead atoms. The van der Waals surface area contributed by atoms with Gasteiger partial charge in [-0.3, -0.25) is 9.78 Å². The molecule has 0 radical (unpaired) electrons. The fraction of sp³-hybridized carbons (Fsp3) is 0.600. The number of amides is 5. The molecular formula is C20H32N6O4. The van der Waals surface area contributed by atoms with Gasteiger partial charge in [-0.2, -0.15) is 0 Å². The molecule has 5 amide bonds. The first-order chi connectivity index (χ1) is 14.5. The van der Waals surface area contributed by atoms with Crippen LogP contribution in [0.1, 0.15) is 50.5 Å². The lowest BCUT2D eigenvalue weighted by Gasteiger charge is -2.34. The molecule has 1 fully saturated rings. The number of aliphatic hydroxyl groups excluding tert-OH is 1. The molecule has 0 aromatic carbocycles. The molecule has 10 nitrogen and oxygen atoms in total. The highest BCUT2D eigenvalue weighted by atomic mass is 16.3. The van der Waals surface area contributed by atoms with Crippen LogP contribution < -0.4 is 21.7 Å². The van der Waals surface area contributed by atoms with Crippen LogP contribution in [0.15, 0.2) is 18.5 Å². The van der Waals surface area contributed by atoms with Crippen molar-refractivity contribution < 1.29 is 19.5 Å². The Hall–Kier alpha value is -2.88. The third-order valence-corrected chi connectivity index (χ3v) is 5.09. The van der Waals surface area contributed by atoms with E-state index in [0.29, 0.717) is 24.2 Å². The number of rotatable bonds is 10. The molecule has 0 spiro atoms. The van der Waals surface area contributed by atoms with Crippen molar-refractivity contribution in [3.8, 4) is 0 Å². The molecule has 0 aliphatic heterocycles. The summed E-state index contributed by atoms with van der Waals surface area (Å²) in [6.07, 6.45) is 9.10. The molecular weight excluding hydrogens is 388 g/mol. The summed E-state index contributed by atoms with van der Waals surface area (Å²) in [4.78, 5) is 41.7. The topological polar surface area (TPSA) is 150 Å². The monoisotopic (exact) mass is 420 g/mol. The summed E-state index contributed by atoms with van der Waals surface area (Å²) in [6.45, 7) is 0.668. The van der Waals surface area contributed by atoms with Crippen molar-refractivity contribution in [2.75, 3.05) is 25.0 Å². The number of anilines is 1. The summed E-state index contributed by atoms with van der Waals surface area (Å²) in [7, 11) is 0. The molecule has 10 heteroatoms. The summed E-state index contributed by atoms with van der Waals surface area (Å²) in [6, 6.07) is 1.20. The van der Waals surface area contributed by atoms with E-state index in [2.05, 4.69) is 20.9 Å². The van der Waals surface area contributed by atoms with Crippen LogP contribution in [0.2, 0.25) is 0 Å². The molecule has 1 aliphatic carbocycles. The maximum absolute atomic E-state index is 13.1. The number of pyridine rings is 1. The van der Waals surface area contributed by atoms with Crippen molar-refractivity contribution in [2.45, 2.75) is 57.5 Å². The third kappa shape index (κ3) is 7.86. The van der Waals surface area contributed by atoms with Gasteiger partial charge in [-0.05, 0) is 30.9 Å². The van der Waals surface area contributed by atoms with Crippen LogP contribution in [0.25, 0.3) is 0 Å². The summed E-state index contributed by atoms with van der Waals surface area (Å²) < 4.78 is 0. The number of nitrogens with zero attached hydrogens (tertiary/aromatic N) is 2. The van der Waals surface area contributed by atoms with Crippen LogP contribution in [-0.2, 0) is 11.3 Å². The Morgan fingerprint density at radius 3 is 2.67 bits per heavy atom. The van der Waals surface area contributed by atoms with E-state index in [1.807, 2.05) is 0 Å². The summed E-state index contributed by atoms with van der Waals surface area (Å²) >= 11 is 0. The molecule has 1 heterocycles. The highest BCUT2D eigenvalue weighted by Crippen LogP contribution is 2.24. The number of hydrogen-bond donors (Lipinski definition) is 5. The molecule has 6 N–H and O–H groups in total. The molecule has 166 valence electrons. The van der Waals surface area contributed by atoms with Gasteiger partial charge in [0.05, 0.1) is 18.5 Å². The molecule has 2 rings (SSSR count). The normalized spacial score (nSPS) is 14.0. The van der Waals surface area contributed by atoms with Crippen molar-refractivity contribution in [1.82, 2.24) is 20.5 Å². The molecule has 0 atom stereocenters. The second kappa shape index (κ2) is 12.6. The van der Waals surface area contributed by atoms with Crippen molar-refractivity contribution in [3.63, 3.8) is 0 Å². The lowest BCUT2D eigenvalue weighted by molar-refractivity contribution is -0.118. The highest BCUT2D eigenvalue weighted by molar-refractivity contribution is 5.90. The van der Waals surface area contributed by atoms with Gasteiger partial charge in [0, 0.05) is 38.3 Å². The Kier molecular flexibility index (Phi) is 9.85. The average molecular weight is 421 g/mol. The van der Waals surface area contributed by atoms with Gasteiger partial charge >= 0.3 is 12.1 Å². The number of aromatic nitrogens is 1. The molecule has 0 unspecified atom stereocenters. The largest absolute Gasteiger partial charge is 0.395 e. The predicted molar refractivity (Wildman–Crippen MR) is 113 cm³/mol. The number of carbonyl (C=O) groups excluding carboxylic acids is 3. The second-order valence-corrected chi connectivity index (χ2v) is 7.35. The van der Waals surface area contributed by atoms with E-state index in [4.69, 9.17) is 10.8 Å². The van der Waals surface area contributed by atoms with E-state index >= 15 is 0 Å². The van der Waals surface area contributed by atoms with Gasteiger partial charge in [-0.15, -0.1) is 0 Å². The van der Waals surface area contributed by atoms with Crippen LogP contribution in [0.4, 0.5) is 15.3 Å². The number of primary amides is 1. The minimum absolute atomic E-state index is 0.133. The molecule has 0 saturated heterocycles. The van der Waals surface area contributed by atoms with E-state index in [-0.39, 0.29) is 44.1 Å². The lowest BCUT2D eigenvalue weighted by atomic mass is 9.94. The Balaban J connectivity index is 2.02. The zero-order valence-corrected chi connectivity index (χ0v) is 17.2. The van der Waals surface area contributed by atoms with Gasteiger partial charge in [-0.25, -0.2) is 9.59 Å². The van der Waals surface area contributed by atoms with Gasteiger partial charge in [0.15, 0.2) is 0 Å². The summed E-state index contributed by atoms with van der Waals surface area (Å²) in [5.41, 5.74) is 6.47. The molecule has 30 heavy (non-hydrogen) atoms. The second-order valence-electron chi connectivity index (χ2n) is 7.35. The van der Waals surface area contributed by atoms with Crippen molar-refractivity contribution in [2.24, 2.45) is 5.73 Å². The fourth-order valence-corrected chi connectivity index (χ4v) is 3.55. The lowest BCUT2D eigenvalue weighted by Crippen LogP contribution is -2.44. The molecule has 1 aromatic heterocycles. The van der Waals surface area contributed by atoms with Gasteiger partial charge in [0.1, 0.15) is 0 Å². The Bertz CT molecular complexity index is 708. The molecule has 1 aliphatic rings. The molecule has 1 aromatic rings. The SMILES string of the molecule is NC(=O)CCCN(C(=O)Nc1cnccc1CNC(=O)NCCO)C1CCCCC1. The average Bonchev–Trinajstić information content (AvgIpc) is 2.75. The van der Waals surface area contributed by atoms with E-state index in [9.17, 15) is 14.4 Å². The van der Waals surface area contributed by atoms with Crippen LogP contribution in [0, 0.1) is 0 Å². The minimum Gasteiger partial charge on any atom is -0.395 e. The predicted octanol–water partition coefficient (Wildman–Crippen LogP) is 1.31. The zero-order chi connectivity index (χ0) is 21.8. The number of hydrogen-bond acceptors (Lipinski definition) is 5. The number of carbonyl (C=O) groups is 3. The Morgan fingerprint density at radius 2 is 1.97 bits per heavy atom. The standard InChI is InChI=1S/C20H32N6O4/c21-18(28)7-4-11-26(16-5-2-1-3-6-16)20(30)25-17-14-22-9-8-15(17)13-24-19(29)23-10-12-27/h8-9,14,16,27H,1-7,10-13H2,(H2,21,28)(H,25,30)(H2,23,24,29). The van der Waals surface area contributed by atoms with E-state index < -0.39 is 6.03 Å². The highest BCUT2D eigenvalue weighted by Gasteiger charge is 2.25. The molecule has 1 saturated carbocycles. The van der Waals surface area contributed by atoms with Gasteiger partial charge < -0.3 is 31.7 Å². The van der Waals surface area contributed by atoms with Crippen molar-refractivity contribution in [3.05, 3.63) is 24.0 Å². The van der Waals surface area contributed by atoms with E-state index in [1.54, 1.807) is 23.4 Å². The number of urea groups is 2. The number of nitrogens with one attached hydrogen (secondary N) is 3. The van der Waals surface area contributed by atoms with Crippen LogP contribution in [-0.4, -0.2) is 58.7 Å². The van der Waals surface area contributed by atoms with Gasteiger partial charge in [0.25, 0.3) is 0 Å². The third-order valence-electron chi connectivity index (χ3n) is 5.09. The first kappa shape index (κ1) is 23.4. The first-order valence-electron chi connectivity index (χ1n) is 10.4.